The van der Waals surface area contributed by atoms with E-state index in [1.807, 2.05) is 36.4 Å². The fourth-order valence-corrected chi connectivity index (χ4v) is 6.69. The summed E-state index contributed by atoms with van der Waals surface area (Å²) in [6.07, 6.45) is 5.82. The molecule has 6 rings (SSSR count). The first-order chi connectivity index (χ1) is 23.8. The number of fused-ring (bicyclic) bond motifs is 1. The third-order valence-corrected chi connectivity index (χ3v) is 9.25. The molecular weight excluding hydrogens is 665 g/mol. The third-order valence-electron chi connectivity index (χ3n) is 8.57. The van der Waals surface area contributed by atoms with Crippen LogP contribution in [0, 0.1) is 11.3 Å². The lowest BCUT2D eigenvalue weighted by molar-refractivity contribution is -0.119. The van der Waals surface area contributed by atoms with Gasteiger partial charge < -0.3 is 30.6 Å². The molecule has 0 unspecified atom stereocenters. The van der Waals surface area contributed by atoms with Crippen LogP contribution in [-0.2, 0) is 29.2 Å². The number of carbonyl (C=O) groups excluding carboxylic acids is 2. The molecule has 12 heteroatoms. The van der Waals surface area contributed by atoms with Gasteiger partial charge in [0.2, 0.25) is 11.8 Å². The van der Waals surface area contributed by atoms with Crippen LogP contribution in [0.1, 0.15) is 59.6 Å². The average Bonchev–Trinajstić information content (AvgIpc) is 3.71. The second-order valence-electron chi connectivity index (χ2n) is 12.0. The van der Waals surface area contributed by atoms with Crippen molar-refractivity contribution in [2.45, 2.75) is 57.4 Å². The number of benzene rings is 3. The number of carbonyl (C=O) groups is 2. The van der Waals surface area contributed by atoms with Crippen LogP contribution < -0.4 is 30.6 Å². The van der Waals surface area contributed by atoms with Crippen LogP contribution in [0.15, 0.2) is 67.0 Å². The zero-order valence-electron chi connectivity index (χ0n) is 26.6. The number of nitrogens with two attached hydrogens (primary N) is 1. The number of halogens is 2. The van der Waals surface area contributed by atoms with E-state index in [1.54, 1.807) is 18.3 Å². The Balaban J connectivity index is 1.23. The van der Waals surface area contributed by atoms with Gasteiger partial charge >= 0.3 is 0 Å². The van der Waals surface area contributed by atoms with E-state index in [-0.39, 0.29) is 37.7 Å². The number of ether oxygens (including phenoxy) is 3. The molecule has 1 aromatic heterocycles. The van der Waals surface area contributed by atoms with Crippen LogP contribution in [0.3, 0.4) is 0 Å². The van der Waals surface area contributed by atoms with Crippen molar-refractivity contribution in [2.24, 2.45) is 5.73 Å². The van der Waals surface area contributed by atoms with Gasteiger partial charge in [-0.25, -0.2) is 0 Å². The fraction of sp³-hybridized carbons (Fsp3) is 0.297. The highest BCUT2D eigenvalue weighted by molar-refractivity contribution is 6.35. The topological polar surface area (TPSA) is 149 Å². The smallest absolute Gasteiger partial charge is 0.220 e. The summed E-state index contributed by atoms with van der Waals surface area (Å²) >= 11 is 13.6. The Morgan fingerprint density at radius 1 is 1.02 bits per heavy atom. The summed E-state index contributed by atoms with van der Waals surface area (Å²) in [6, 6.07) is 19.2. The minimum Gasteiger partial charge on any atom is -0.491 e. The van der Waals surface area contributed by atoms with Gasteiger partial charge in [0.15, 0.2) is 0 Å². The van der Waals surface area contributed by atoms with E-state index in [0.29, 0.717) is 52.4 Å². The predicted molar refractivity (Wildman–Crippen MR) is 185 cm³/mol. The molecule has 2 aliphatic rings. The highest BCUT2D eigenvalue weighted by Gasteiger charge is 2.29. The van der Waals surface area contributed by atoms with Crippen LogP contribution >= 0.6 is 23.2 Å². The number of primary amides is 1. The first kappa shape index (κ1) is 34.1. The van der Waals surface area contributed by atoms with Gasteiger partial charge in [-0.1, -0.05) is 53.5 Å². The van der Waals surface area contributed by atoms with Crippen molar-refractivity contribution in [1.82, 2.24) is 15.6 Å². The Morgan fingerprint density at radius 2 is 1.86 bits per heavy atom. The number of hydrogen-bond donors (Lipinski definition) is 3. The Bertz CT molecular complexity index is 1910. The fourth-order valence-electron chi connectivity index (χ4n) is 6.18. The molecule has 1 aliphatic heterocycles. The molecule has 0 spiro atoms. The maximum atomic E-state index is 11.6. The number of rotatable bonds is 14. The van der Waals surface area contributed by atoms with Gasteiger partial charge in [-0.2, -0.15) is 5.26 Å². The molecule has 4 aromatic rings. The predicted octanol–water partition coefficient (Wildman–Crippen LogP) is 6.19. The summed E-state index contributed by atoms with van der Waals surface area (Å²) in [5.74, 6) is 1.18. The molecule has 1 fully saturated rings. The lowest BCUT2D eigenvalue weighted by atomic mass is 9.96. The van der Waals surface area contributed by atoms with Crippen molar-refractivity contribution in [3.63, 3.8) is 0 Å². The van der Waals surface area contributed by atoms with Crippen LogP contribution in [0.5, 0.6) is 17.2 Å². The molecule has 4 N–H and O–H groups in total. The molecular formula is C37H35Cl2N5O5. The van der Waals surface area contributed by atoms with Crippen LogP contribution in [0.4, 0.5) is 0 Å². The second kappa shape index (κ2) is 15.6. The summed E-state index contributed by atoms with van der Waals surface area (Å²) in [4.78, 5) is 27.0. The van der Waals surface area contributed by atoms with Gasteiger partial charge in [0, 0.05) is 60.7 Å². The lowest BCUT2D eigenvalue weighted by Gasteiger charge is -2.20. The van der Waals surface area contributed by atoms with E-state index in [0.717, 1.165) is 52.6 Å². The molecule has 252 valence electrons. The Morgan fingerprint density at radius 3 is 2.65 bits per heavy atom. The van der Waals surface area contributed by atoms with Crippen LogP contribution in [-0.4, -0.2) is 36.0 Å². The standard InChI is InChI=1S/C37H35Cl2N5O5/c38-30-14-24(19-43-20-25-7-10-36(46)44-25)33(48-21-23-13-22(16-40)17-42-18-23)15-34(30)49-31-9-8-27-26(3-1-4-28(27)31)29-5-2-6-32(37(29)39)47-12-11-35(41)45/h1-6,13-15,17-18,25,31,43H,7-12,19-21H2,(H2,41,45)(H,44,46)/t25-,31+/m1/s1. The van der Waals surface area contributed by atoms with Crippen molar-refractivity contribution in [3.05, 3.63) is 105 Å². The zero-order valence-corrected chi connectivity index (χ0v) is 28.2. The second-order valence-corrected chi connectivity index (χ2v) is 12.8. The summed E-state index contributed by atoms with van der Waals surface area (Å²) < 4.78 is 18.6. The summed E-state index contributed by atoms with van der Waals surface area (Å²) in [5, 5.41) is 16.6. The molecule has 0 bridgehead atoms. The molecule has 2 heterocycles. The number of amides is 2. The quantitative estimate of drug-likeness (QED) is 0.141. The maximum absolute atomic E-state index is 11.6. The molecule has 10 nitrogen and oxygen atoms in total. The zero-order chi connectivity index (χ0) is 34.3. The van der Waals surface area contributed by atoms with Gasteiger partial charge in [-0.15, -0.1) is 0 Å². The third kappa shape index (κ3) is 8.26. The number of aromatic nitrogens is 1. The molecule has 1 saturated heterocycles. The first-order valence-electron chi connectivity index (χ1n) is 16.1. The van der Waals surface area contributed by atoms with Gasteiger partial charge in [0.05, 0.1) is 28.6 Å². The van der Waals surface area contributed by atoms with Crippen molar-refractivity contribution in [3.8, 4) is 34.4 Å². The maximum Gasteiger partial charge on any atom is 0.220 e. The molecule has 0 radical (unpaired) electrons. The summed E-state index contributed by atoms with van der Waals surface area (Å²) in [6.45, 7) is 1.41. The number of nitrogens with one attached hydrogen (secondary N) is 2. The van der Waals surface area contributed by atoms with E-state index in [1.165, 1.54) is 6.20 Å². The Kier molecular flexibility index (Phi) is 10.8. The van der Waals surface area contributed by atoms with E-state index < -0.39 is 5.91 Å². The SMILES string of the molecule is N#Cc1cncc(COc2cc(O[C@H]3CCc4c(-c5cccc(OCCC(N)=O)c5Cl)cccc43)c(Cl)cc2CNC[C@H]2CCC(=O)N2)c1. The summed E-state index contributed by atoms with van der Waals surface area (Å²) in [5.41, 5.74) is 11.3. The highest BCUT2D eigenvalue weighted by Crippen LogP contribution is 2.45. The molecule has 2 amide bonds. The Labute approximate surface area is 294 Å². The van der Waals surface area contributed by atoms with E-state index >= 15 is 0 Å². The van der Waals surface area contributed by atoms with Gasteiger partial charge in [-0.3, -0.25) is 14.6 Å². The van der Waals surface area contributed by atoms with Gasteiger partial charge in [0.25, 0.3) is 0 Å². The molecule has 2 atom stereocenters. The molecule has 1 aliphatic carbocycles. The lowest BCUT2D eigenvalue weighted by Crippen LogP contribution is -2.35. The van der Waals surface area contributed by atoms with E-state index in [4.69, 9.17) is 43.1 Å². The summed E-state index contributed by atoms with van der Waals surface area (Å²) in [7, 11) is 0. The van der Waals surface area contributed by atoms with Gasteiger partial charge in [-0.05, 0) is 54.2 Å². The van der Waals surface area contributed by atoms with Crippen LogP contribution in [0.25, 0.3) is 11.1 Å². The minimum absolute atomic E-state index is 0.0666. The van der Waals surface area contributed by atoms with Crippen molar-refractivity contribution in [1.29, 1.82) is 5.26 Å². The largest absolute Gasteiger partial charge is 0.491 e. The number of nitriles is 1. The molecule has 0 saturated carbocycles. The highest BCUT2D eigenvalue weighted by atomic mass is 35.5. The number of hydrogen-bond acceptors (Lipinski definition) is 8. The number of nitrogens with zero attached hydrogens (tertiary/aromatic N) is 2. The average molecular weight is 701 g/mol. The molecule has 3 aromatic carbocycles. The van der Waals surface area contributed by atoms with Crippen molar-refractivity contribution in [2.75, 3.05) is 13.2 Å². The normalized spacial score (nSPS) is 16.5. The first-order valence-corrected chi connectivity index (χ1v) is 16.8. The molecule has 49 heavy (non-hydrogen) atoms. The van der Waals surface area contributed by atoms with E-state index in [2.05, 4.69) is 27.8 Å². The Hall–Kier alpha value is -4.82. The number of pyridine rings is 1. The van der Waals surface area contributed by atoms with Crippen LogP contribution in [0.2, 0.25) is 10.0 Å². The van der Waals surface area contributed by atoms with E-state index in [9.17, 15) is 14.9 Å². The van der Waals surface area contributed by atoms with Gasteiger partial charge in [0.1, 0.15) is 36.0 Å². The minimum atomic E-state index is -0.442. The van der Waals surface area contributed by atoms with Crippen molar-refractivity contribution < 1.29 is 23.8 Å². The monoisotopic (exact) mass is 699 g/mol. The van der Waals surface area contributed by atoms with Crippen molar-refractivity contribution >= 4 is 35.0 Å².